The molecular formula is C28H28FNO6. The maximum Gasteiger partial charge on any atom is 0.336 e. The predicted octanol–water partition coefficient (Wildman–Crippen LogP) is 4.06. The predicted molar refractivity (Wildman–Crippen MR) is 129 cm³/mol. The van der Waals surface area contributed by atoms with Crippen molar-refractivity contribution < 1.29 is 33.0 Å². The van der Waals surface area contributed by atoms with Crippen molar-refractivity contribution in [1.82, 2.24) is 5.32 Å². The molecule has 7 nitrogen and oxygen atoms in total. The Kier molecular flexibility index (Phi) is 7.52. The Labute approximate surface area is 208 Å². The lowest BCUT2D eigenvalue weighted by molar-refractivity contribution is -0.151. The molecule has 0 saturated heterocycles. The fraction of sp³-hybridized carbons (Fsp3) is 0.321. The van der Waals surface area contributed by atoms with Crippen LogP contribution in [0.5, 0.6) is 5.75 Å². The molecule has 2 aromatic carbocycles. The van der Waals surface area contributed by atoms with Gasteiger partial charge in [0.15, 0.2) is 5.78 Å². The first kappa shape index (κ1) is 25.2. The monoisotopic (exact) mass is 493 g/mol. The molecule has 2 aliphatic rings. The first-order valence-corrected chi connectivity index (χ1v) is 11.7. The Hall–Kier alpha value is -3.94. The summed E-state index contributed by atoms with van der Waals surface area (Å²) in [4.78, 5) is 39.4. The summed E-state index contributed by atoms with van der Waals surface area (Å²) in [6.07, 6.45) is 0.420. The van der Waals surface area contributed by atoms with Crippen LogP contribution in [0.2, 0.25) is 0 Å². The van der Waals surface area contributed by atoms with Gasteiger partial charge in [-0.05, 0) is 49.1 Å². The number of allylic oxidation sites excluding steroid dienone is 3. The van der Waals surface area contributed by atoms with Crippen LogP contribution in [0.3, 0.4) is 0 Å². The first-order valence-electron chi connectivity index (χ1n) is 11.7. The van der Waals surface area contributed by atoms with E-state index in [0.717, 1.165) is 0 Å². The number of hydrogen-bond donors (Lipinski definition) is 1. The van der Waals surface area contributed by atoms with E-state index in [1.54, 1.807) is 19.1 Å². The molecule has 0 aromatic heterocycles. The van der Waals surface area contributed by atoms with E-state index in [9.17, 15) is 18.8 Å². The number of para-hydroxylation sites is 1. The number of esters is 2. The number of nitrogens with one attached hydrogen (secondary N) is 1. The fourth-order valence-electron chi connectivity index (χ4n) is 4.83. The Bertz CT molecular complexity index is 1220. The Morgan fingerprint density at radius 2 is 1.75 bits per heavy atom. The highest BCUT2D eigenvalue weighted by Crippen LogP contribution is 2.45. The number of hydrogen-bond acceptors (Lipinski definition) is 7. The van der Waals surface area contributed by atoms with Crippen molar-refractivity contribution >= 4 is 17.7 Å². The van der Waals surface area contributed by atoms with Gasteiger partial charge in [-0.3, -0.25) is 9.59 Å². The molecule has 8 heteroatoms. The lowest BCUT2D eigenvalue weighted by Gasteiger charge is -2.38. The number of carbonyl (C=O) groups excluding carboxylic acids is 3. The van der Waals surface area contributed by atoms with Crippen molar-refractivity contribution in [3.05, 3.63) is 88.5 Å². The topological polar surface area (TPSA) is 90.9 Å². The number of ketones is 1. The molecule has 0 bridgehead atoms. The minimum absolute atomic E-state index is 0.0116. The molecule has 3 atom stereocenters. The van der Waals surface area contributed by atoms with Crippen LogP contribution in [0.25, 0.3) is 0 Å². The minimum Gasteiger partial charge on any atom is -0.490 e. The lowest BCUT2D eigenvalue weighted by Crippen LogP contribution is -2.43. The highest BCUT2D eigenvalue weighted by Gasteiger charge is 2.47. The maximum absolute atomic E-state index is 13.7. The number of ether oxygens (including phenoxy) is 3. The van der Waals surface area contributed by atoms with Gasteiger partial charge in [0.1, 0.15) is 30.7 Å². The van der Waals surface area contributed by atoms with Gasteiger partial charge in [-0.2, -0.15) is 0 Å². The Morgan fingerprint density at radius 3 is 2.42 bits per heavy atom. The zero-order chi connectivity index (χ0) is 25.8. The number of carbonyl (C=O) groups is 3. The molecule has 1 aliphatic carbocycles. The van der Waals surface area contributed by atoms with Crippen molar-refractivity contribution in [2.24, 2.45) is 11.8 Å². The number of halogens is 1. The summed E-state index contributed by atoms with van der Waals surface area (Å²) in [5.74, 6) is -3.56. The second-order valence-corrected chi connectivity index (χ2v) is 8.88. The van der Waals surface area contributed by atoms with E-state index < -0.39 is 35.4 Å². The first-order chi connectivity index (χ1) is 17.3. The molecule has 0 fully saturated rings. The van der Waals surface area contributed by atoms with Crippen LogP contribution in [-0.4, -0.2) is 38.0 Å². The van der Waals surface area contributed by atoms with Crippen molar-refractivity contribution in [2.75, 3.05) is 20.3 Å². The fourth-order valence-corrected chi connectivity index (χ4v) is 4.83. The van der Waals surface area contributed by atoms with Crippen molar-refractivity contribution in [3.63, 3.8) is 0 Å². The highest BCUT2D eigenvalue weighted by atomic mass is 19.1. The van der Waals surface area contributed by atoms with Crippen molar-refractivity contribution in [3.8, 4) is 5.75 Å². The van der Waals surface area contributed by atoms with Gasteiger partial charge in [0.25, 0.3) is 0 Å². The second-order valence-electron chi connectivity index (χ2n) is 8.88. The summed E-state index contributed by atoms with van der Waals surface area (Å²) >= 11 is 0. The van der Waals surface area contributed by atoms with Gasteiger partial charge in [-0.25, -0.2) is 9.18 Å². The molecule has 1 N–H and O–H groups in total. The molecule has 0 saturated carbocycles. The number of benzene rings is 2. The van der Waals surface area contributed by atoms with Gasteiger partial charge in [-0.15, -0.1) is 0 Å². The molecule has 0 amide bonds. The van der Waals surface area contributed by atoms with Gasteiger partial charge in [0, 0.05) is 22.9 Å². The standard InChI is InChI=1S/C28H28FNO6/c1-16-15-21-25(26(31)22(16)27(32)34-3)24(18-9-11-19(29)12-10-18)23(17(2)30-21)28(33)36-14-13-35-20-7-5-4-6-8-20/h4-12,16,22,24,30H,13-15H2,1-3H3/t16-,22+,24-/m1/s1. The van der Waals surface area contributed by atoms with E-state index >= 15 is 0 Å². The van der Waals surface area contributed by atoms with E-state index in [1.807, 2.05) is 25.1 Å². The van der Waals surface area contributed by atoms with E-state index in [2.05, 4.69) is 5.32 Å². The van der Waals surface area contributed by atoms with E-state index in [0.29, 0.717) is 34.7 Å². The number of dihydropyridines is 1. The molecule has 1 aliphatic heterocycles. The Morgan fingerprint density at radius 1 is 1.06 bits per heavy atom. The van der Waals surface area contributed by atoms with Gasteiger partial charge in [-0.1, -0.05) is 37.3 Å². The van der Waals surface area contributed by atoms with Gasteiger partial charge in [0.2, 0.25) is 0 Å². The van der Waals surface area contributed by atoms with Crippen LogP contribution in [0.15, 0.2) is 77.1 Å². The average Bonchev–Trinajstić information content (AvgIpc) is 2.86. The average molecular weight is 494 g/mol. The third kappa shape index (κ3) is 5.03. The summed E-state index contributed by atoms with van der Waals surface area (Å²) in [7, 11) is 1.24. The van der Waals surface area contributed by atoms with Crippen LogP contribution >= 0.6 is 0 Å². The SMILES string of the molecule is COC(=O)[C@@H]1C(=O)C2=C(C[C@H]1C)NC(C)=C(C(=O)OCCOc1ccccc1)[C@H]2c1ccc(F)cc1. The lowest BCUT2D eigenvalue weighted by atomic mass is 9.69. The molecule has 2 aromatic rings. The summed E-state index contributed by atoms with van der Waals surface area (Å²) in [6.45, 7) is 3.68. The molecule has 0 unspecified atom stereocenters. The van der Waals surface area contributed by atoms with Crippen molar-refractivity contribution in [1.29, 1.82) is 0 Å². The Balaban J connectivity index is 1.63. The summed E-state index contributed by atoms with van der Waals surface area (Å²) < 4.78 is 29.7. The maximum atomic E-state index is 13.7. The third-order valence-corrected chi connectivity index (χ3v) is 6.49. The van der Waals surface area contributed by atoms with Gasteiger partial charge >= 0.3 is 11.9 Å². The number of methoxy groups -OCH3 is 1. The molecule has 4 rings (SSSR count). The number of rotatable bonds is 7. The smallest absolute Gasteiger partial charge is 0.336 e. The summed E-state index contributed by atoms with van der Waals surface area (Å²) in [6, 6.07) is 14.8. The van der Waals surface area contributed by atoms with Crippen LogP contribution in [0.1, 0.15) is 31.7 Å². The van der Waals surface area contributed by atoms with Crippen LogP contribution in [0, 0.1) is 17.7 Å². The third-order valence-electron chi connectivity index (χ3n) is 6.49. The van der Waals surface area contributed by atoms with Crippen LogP contribution in [-0.2, 0) is 23.9 Å². The summed E-state index contributed by atoms with van der Waals surface area (Å²) in [5, 5.41) is 3.20. The number of Topliss-reactive ketones (excluding diaryl/α,β-unsaturated/α-hetero) is 1. The van der Waals surface area contributed by atoms with E-state index in [4.69, 9.17) is 14.2 Å². The molecule has 0 radical (unpaired) electrons. The van der Waals surface area contributed by atoms with E-state index in [1.165, 1.54) is 31.4 Å². The normalized spacial score (nSPS) is 21.4. The molecule has 0 spiro atoms. The summed E-state index contributed by atoms with van der Waals surface area (Å²) in [5.41, 5.74) is 2.25. The largest absolute Gasteiger partial charge is 0.490 e. The van der Waals surface area contributed by atoms with Crippen LogP contribution in [0.4, 0.5) is 4.39 Å². The van der Waals surface area contributed by atoms with Crippen molar-refractivity contribution in [2.45, 2.75) is 26.2 Å². The quantitative estimate of drug-likeness (QED) is 0.353. The highest BCUT2D eigenvalue weighted by molar-refractivity contribution is 6.12. The second kappa shape index (κ2) is 10.8. The molecular weight excluding hydrogens is 465 g/mol. The zero-order valence-corrected chi connectivity index (χ0v) is 20.4. The molecule has 188 valence electrons. The minimum atomic E-state index is -0.992. The molecule has 1 heterocycles. The molecule has 36 heavy (non-hydrogen) atoms. The zero-order valence-electron chi connectivity index (χ0n) is 20.4. The van der Waals surface area contributed by atoms with Crippen LogP contribution < -0.4 is 10.1 Å². The van der Waals surface area contributed by atoms with Gasteiger partial charge in [0.05, 0.1) is 12.7 Å². The van der Waals surface area contributed by atoms with Gasteiger partial charge < -0.3 is 19.5 Å². The van der Waals surface area contributed by atoms with E-state index in [-0.39, 0.29) is 24.7 Å².